The van der Waals surface area contributed by atoms with Crippen LogP contribution in [0.2, 0.25) is 19.6 Å². The summed E-state index contributed by atoms with van der Waals surface area (Å²) < 4.78 is 1.91. The zero-order valence-electron chi connectivity index (χ0n) is 8.43. The Labute approximate surface area is 87.6 Å². The maximum atomic E-state index is 4.10. The van der Waals surface area contributed by atoms with Gasteiger partial charge in [0.25, 0.3) is 0 Å². The van der Waals surface area contributed by atoms with Crippen molar-refractivity contribution in [3.05, 3.63) is 17.9 Å². The minimum absolute atomic E-state index is 1.04. The van der Waals surface area contributed by atoms with Crippen molar-refractivity contribution in [2.75, 3.05) is 0 Å². The summed E-state index contributed by atoms with van der Waals surface area (Å²) in [6.45, 7) is 6.84. The van der Waals surface area contributed by atoms with Crippen molar-refractivity contribution in [3.8, 4) is 5.00 Å². The smallest absolute Gasteiger partial charge is 0.138 e. The fourth-order valence-corrected chi connectivity index (χ4v) is 3.14. The highest BCUT2D eigenvalue weighted by Crippen LogP contribution is 2.11. The molecule has 0 aliphatic rings. The highest BCUT2D eigenvalue weighted by atomic mass is 32.1. The average Bonchev–Trinajstić information content (AvgIpc) is 2.73. The highest BCUT2D eigenvalue weighted by molar-refractivity contribution is 7.12. The summed E-state index contributed by atoms with van der Waals surface area (Å²) in [6, 6.07) is 0. The molecular formula is C8H12N4SSi. The molecule has 0 radical (unpaired) electrons. The normalized spacial score (nSPS) is 11.9. The first kappa shape index (κ1) is 9.54. The fraction of sp³-hybridized carbons (Fsp3) is 0.375. The quantitative estimate of drug-likeness (QED) is 0.722. The van der Waals surface area contributed by atoms with Crippen LogP contribution in [0.1, 0.15) is 0 Å². The van der Waals surface area contributed by atoms with E-state index in [1.165, 1.54) is 5.32 Å². The summed E-state index contributed by atoms with van der Waals surface area (Å²) >= 11 is 1.58. The van der Waals surface area contributed by atoms with Crippen molar-refractivity contribution >= 4 is 24.7 Å². The number of thiazole rings is 1. The number of hydrogen-bond acceptors (Lipinski definition) is 4. The Hall–Kier alpha value is -1.01. The molecule has 0 N–H and O–H groups in total. The monoisotopic (exact) mass is 224 g/mol. The summed E-state index contributed by atoms with van der Waals surface area (Å²) in [4.78, 5) is 4.05. The number of hydrogen-bond donors (Lipinski definition) is 0. The third-order valence-electron chi connectivity index (χ3n) is 1.95. The molecule has 0 atom stereocenters. The van der Waals surface area contributed by atoms with Crippen molar-refractivity contribution in [1.82, 2.24) is 20.0 Å². The van der Waals surface area contributed by atoms with Crippen LogP contribution in [0.15, 0.2) is 17.9 Å². The Balaban J connectivity index is 2.51. The summed E-state index contributed by atoms with van der Waals surface area (Å²) in [5, 5.41) is 10.3. The topological polar surface area (TPSA) is 43.6 Å². The number of rotatable bonds is 2. The molecule has 2 heterocycles. The SMILES string of the molecule is C[Si](C)(C)c1cnnn1-c1cncs1. The molecule has 0 unspecified atom stereocenters. The molecule has 6 heteroatoms. The lowest BCUT2D eigenvalue weighted by Crippen LogP contribution is -2.42. The van der Waals surface area contributed by atoms with E-state index in [2.05, 4.69) is 34.9 Å². The summed E-state index contributed by atoms with van der Waals surface area (Å²) in [6.07, 6.45) is 3.69. The second-order valence-electron chi connectivity index (χ2n) is 4.12. The van der Waals surface area contributed by atoms with Gasteiger partial charge in [-0.15, -0.1) is 16.4 Å². The molecule has 0 fully saturated rings. The lowest BCUT2D eigenvalue weighted by Gasteiger charge is -2.15. The Morgan fingerprint density at radius 2 is 2.07 bits per heavy atom. The molecule has 0 saturated heterocycles. The summed E-state index contributed by atoms with van der Waals surface area (Å²) in [5.41, 5.74) is 1.81. The number of nitrogens with zero attached hydrogens (tertiary/aromatic N) is 4. The van der Waals surface area contributed by atoms with E-state index in [9.17, 15) is 0 Å². The number of aromatic nitrogens is 4. The van der Waals surface area contributed by atoms with Crippen LogP contribution in [-0.4, -0.2) is 28.1 Å². The van der Waals surface area contributed by atoms with Crippen LogP contribution in [-0.2, 0) is 0 Å². The van der Waals surface area contributed by atoms with Gasteiger partial charge in [-0.05, 0) is 0 Å². The van der Waals surface area contributed by atoms with E-state index in [1.54, 1.807) is 11.3 Å². The van der Waals surface area contributed by atoms with Crippen LogP contribution in [0.5, 0.6) is 0 Å². The van der Waals surface area contributed by atoms with E-state index in [0.717, 1.165) is 5.00 Å². The van der Waals surface area contributed by atoms with Gasteiger partial charge >= 0.3 is 0 Å². The Kier molecular flexibility index (Phi) is 2.24. The minimum Gasteiger partial charge on any atom is -0.251 e. The lowest BCUT2D eigenvalue weighted by molar-refractivity contribution is 0.823. The minimum atomic E-state index is -1.36. The molecule has 0 aliphatic carbocycles. The second-order valence-corrected chi connectivity index (χ2v) is 10.00. The standard InChI is InChI=1S/C8H12N4SSi/c1-14(2,3)8-5-10-11-12(8)7-4-9-6-13-7/h4-6H,1-3H3. The van der Waals surface area contributed by atoms with Crippen LogP contribution in [0.3, 0.4) is 0 Å². The molecule has 0 bridgehead atoms. The Morgan fingerprint density at radius 1 is 1.29 bits per heavy atom. The molecule has 74 valence electrons. The van der Waals surface area contributed by atoms with Crippen LogP contribution < -0.4 is 5.32 Å². The van der Waals surface area contributed by atoms with Crippen LogP contribution >= 0.6 is 11.3 Å². The molecule has 0 saturated carbocycles. The average molecular weight is 224 g/mol. The Morgan fingerprint density at radius 3 is 2.64 bits per heavy atom. The predicted molar refractivity (Wildman–Crippen MR) is 60.0 cm³/mol. The van der Waals surface area contributed by atoms with Crippen LogP contribution in [0.4, 0.5) is 0 Å². The van der Waals surface area contributed by atoms with Gasteiger partial charge in [-0.3, -0.25) is 4.98 Å². The van der Waals surface area contributed by atoms with Gasteiger partial charge < -0.3 is 0 Å². The van der Waals surface area contributed by atoms with Crippen molar-refractivity contribution in [1.29, 1.82) is 0 Å². The zero-order valence-corrected chi connectivity index (χ0v) is 10.2. The van der Waals surface area contributed by atoms with Gasteiger partial charge in [0.1, 0.15) is 13.1 Å². The maximum absolute atomic E-state index is 4.10. The van der Waals surface area contributed by atoms with Crippen molar-refractivity contribution in [2.24, 2.45) is 0 Å². The highest BCUT2D eigenvalue weighted by Gasteiger charge is 2.23. The van der Waals surface area contributed by atoms with Gasteiger partial charge in [-0.25, -0.2) is 4.68 Å². The van der Waals surface area contributed by atoms with Crippen molar-refractivity contribution in [2.45, 2.75) is 19.6 Å². The predicted octanol–water partition coefficient (Wildman–Crippen LogP) is 1.27. The first-order chi connectivity index (χ1) is 6.59. The van der Waals surface area contributed by atoms with E-state index in [-0.39, 0.29) is 0 Å². The molecule has 0 spiro atoms. The van der Waals surface area contributed by atoms with Gasteiger partial charge in [-0.2, -0.15) is 0 Å². The molecule has 2 rings (SSSR count). The molecular weight excluding hydrogens is 212 g/mol. The molecule has 0 aliphatic heterocycles. The molecule has 0 aromatic carbocycles. The third-order valence-corrected chi connectivity index (χ3v) is 4.57. The zero-order chi connectivity index (χ0) is 10.2. The molecule has 4 nitrogen and oxygen atoms in total. The van der Waals surface area contributed by atoms with Gasteiger partial charge in [0.05, 0.1) is 17.9 Å². The molecule has 2 aromatic heterocycles. The van der Waals surface area contributed by atoms with Gasteiger partial charge in [0.15, 0.2) is 0 Å². The fourth-order valence-electron chi connectivity index (χ4n) is 1.22. The first-order valence-electron chi connectivity index (χ1n) is 4.39. The maximum Gasteiger partial charge on any atom is 0.138 e. The molecule has 2 aromatic rings. The van der Waals surface area contributed by atoms with Crippen LogP contribution in [0.25, 0.3) is 5.00 Å². The first-order valence-corrected chi connectivity index (χ1v) is 8.77. The van der Waals surface area contributed by atoms with Crippen molar-refractivity contribution in [3.63, 3.8) is 0 Å². The van der Waals surface area contributed by atoms with E-state index in [0.29, 0.717) is 0 Å². The third kappa shape index (κ3) is 1.62. The van der Waals surface area contributed by atoms with Gasteiger partial charge in [0.2, 0.25) is 0 Å². The van der Waals surface area contributed by atoms with Gasteiger partial charge in [-0.1, -0.05) is 24.9 Å². The van der Waals surface area contributed by atoms with Crippen molar-refractivity contribution < 1.29 is 0 Å². The lowest BCUT2D eigenvalue weighted by atomic mass is 10.8. The summed E-state index contributed by atoms with van der Waals surface area (Å²) in [7, 11) is -1.36. The van der Waals surface area contributed by atoms with Crippen LogP contribution in [0, 0.1) is 0 Å². The van der Waals surface area contributed by atoms with E-state index in [4.69, 9.17) is 0 Å². The molecule has 0 amide bonds. The Bertz CT molecular complexity index is 415. The molecule has 14 heavy (non-hydrogen) atoms. The van der Waals surface area contributed by atoms with E-state index in [1.807, 2.05) is 22.6 Å². The largest absolute Gasteiger partial charge is 0.251 e. The van der Waals surface area contributed by atoms with Gasteiger partial charge in [0, 0.05) is 5.32 Å². The van der Waals surface area contributed by atoms with E-state index < -0.39 is 8.07 Å². The summed E-state index contributed by atoms with van der Waals surface area (Å²) in [5.74, 6) is 0. The second kappa shape index (κ2) is 3.29. The van der Waals surface area contributed by atoms with E-state index >= 15 is 0 Å².